The summed E-state index contributed by atoms with van der Waals surface area (Å²) in [6.07, 6.45) is 0.309. The van der Waals surface area contributed by atoms with Crippen molar-refractivity contribution in [1.29, 1.82) is 0 Å². The smallest absolute Gasteiger partial charge is 0.416 e. The number of nitrogens with one attached hydrogen (secondary N) is 1. The van der Waals surface area contributed by atoms with Gasteiger partial charge in [-0.3, -0.25) is 4.90 Å². The molecule has 1 spiro atoms. The molecule has 2 aromatic carbocycles. The van der Waals surface area contributed by atoms with Crippen LogP contribution < -0.4 is 20.5 Å². The molecule has 0 radical (unpaired) electrons. The largest absolute Gasteiger partial charge is 0.493 e. The van der Waals surface area contributed by atoms with Crippen LogP contribution in [0.15, 0.2) is 30.3 Å². The fourth-order valence-electron chi connectivity index (χ4n) is 5.33. The molecule has 5 rings (SSSR count). The Balaban J connectivity index is 1.44. The Hall–Kier alpha value is -3.27. The van der Waals surface area contributed by atoms with Crippen LogP contribution in [0, 0.1) is 6.92 Å². The van der Waals surface area contributed by atoms with Crippen LogP contribution in [0.25, 0.3) is 10.9 Å². The average molecular weight is 516 g/mol. The van der Waals surface area contributed by atoms with Gasteiger partial charge in [-0.15, -0.1) is 0 Å². The van der Waals surface area contributed by atoms with E-state index in [1.165, 1.54) is 25.3 Å². The third-order valence-corrected chi connectivity index (χ3v) is 7.75. The van der Waals surface area contributed by atoms with E-state index in [0.29, 0.717) is 57.8 Å². The number of halogens is 3. The summed E-state index contributed by atoms with van der Waals surface area (Å²) in [4.78, 5) is 11.5. The molecule has 1 aliphatic carbocycles. The Kier molecular flexibility index (Phi) is 6.34. The van der Waals surface area contributed by atoms with Crippen molar-refractivity contribution in [3.63, 3.8) is 0 Å². The van der Waals surface area contributed by atoms with Crippen molar-refractivity contribution in [1.82, 2.24) is 14.9 Å². The van der Waals surface area contributed by atoms with Crippen LogP contribution >= 0.6 is 0 Å². The third kappa shape index (κ3) is 4.99. The number of hydrogen-bond acceptors (Lipinski definition) is 7. The molecule has 0 amide bonds. The zero-order valence-corrected chi connectivity index (χ0v) is 21.4. The minimum atomic E-state index is -4.49. The Morgan fingerprint density at radius 3 is 2.54 bits per heavy atom. The topological polar surface area (TPSA) is 85.5 Å². The number of hydrogen-bond donors (Lipinski definition) is 2. The number of fused-ring (bicyclic) bond motifs is 1. The Morgan fingerprint density at radius 2 is 1.89 bits per heavy atom. The molecule has 2 aliphatic rings. The standard InChI is InChI=1S/C27H32F3N5O2/c1-15(17-9-18(27(28,29)30)11-19(31)10-17)32-25-21-12-24(23(36-4)13-22(21)33-16(2)34-25)37-14-20-5-6-26(7-8-26)35(20)3/h9-13,15,20H,5-8,14,31H2,1-4H3,(H,32,33,34)/t15-,20+/m1/s1. The first kappa shape index (κ1) is 25.4. The van der Waals surface area contributed by atoms with Crippen molar-refractivity contribution in [3.05, 3.63) is 47.3 Å². The zero-order chi connectivity index (χ0) is 26.5. The summed E-state index contributed by atoms with van der Waals surface area (Å²) < 4.78 is 51.9. The first-order valence-electron chi connectivity index (χ1n) is 12.5. The van der Waals surface area contributed by atoms with E-state index in [9.17, 15) is 13.2 Å². The lowest BCUT2D eigenvalue weighted by molar-refractivity contribution is -0.137. The van der Waals surface area contributed by atoms with Crippen molar-refractivity contribution >= 4 is 22.4 Å². The van der Waals surface area contributed by atoms with Crippen LogP contribution in [0.3, 0.4) is 0 Å². The van der Waals surface area contributed by atoms with E-state index in [0.717, 1.165) is 18.6 Å². The fraction of sp³-hybridized carbons (Fsp3) is 0.481. The van der Waals surface area contributed by atoms with Gasteiger partial charge in [0.25, 0.3) is 0 Å². The summed E-state index contributed by atoms with van der Waals surface area (Å²) in [7, 11) is 3.76. The molecular formula is C27H32F3N5O2. The number of ether oxygens (including phenoxy) is 2. The van der Waals surface area contributed by atoms with Crippen LogP contribution in [-0.4, -0.2) is 47.2 Å². The average Bonchev–Trinajstić information content (AvgIpc) is 3.56. The van der Waals surface area contributed by atoms with Gasteiger partial charge in [-0.25, -0.2) is 9.97 Å². The molecule has 7 nitrogen and oxygen atoms in total. The molecule has 0 unspecified atom stereocenters. The van der Waals surface area contributed by atoms with Crippen molar-refractivity contribution in [2.24, 2.45) is 0 Å². The summed E-state index contributed by atoms with van der Waals surface area (Å²) >= 11 is 0. The number of rotatable bonds is 7. The molecule has 1 saturated carbocycles. The van der Waals surface area contributed by atoms with Crippen molar-refractivity contribution < 1.29 is 22.6 Å². The molecule has 198 valence electrons. The summed E-state index contributed by atoms with van der Waals surface area (Å²) in [5.74, 6) is 2.15. The van der Waals surface area contributed by atoms with Crippen LogP contribution in [0.5, 0.6) is 11.5 Å². The number of likely N-dealkylation sites (tertiary alicyclic amines) is 1. The van der Waals surface area contributed by atoms with E-state index in [4.69, 9.17) is 15.2 Å². The number of aromatic nitrogens is 2. The Bertz CT molecular complexity index is 1330. The molecule has 2 heterocycles. The highest BCUT2D eigenvalue weighted by Crippen LogP contribution is 2.51. The molecule has 2 fully saturated rings. The van der Waals surface area contributed by atoms with Gasteiger partial charge in [0.1, 0.15) is 18.2 Å². The molecular weight excluding hydrogens is 483 g/mol. The van der Waals surface area contributed by atoms with E-state index in [1.54, 1.807) is 27.0 Å². The number of benzene rings is 2. The molecule has 37 heavy (non-hydrogen) atoms. The number of alkyl halides is 3. The second kappa shape index (κ2) is 9.24. The number of methoxy groups -OCH3 is 1. The van der Waals surface area contributed by atoms with Crippen molar-refractivity contribution in [2.75, 3.05) is 31.8 Å². The molecule has 1 saturated heterocycles. The lowest BCUT2D eigenvalue weighted by Crippen LogP contribution is -2.37. The molecule has 3 aromatic rings. The van der Waals surface area contributed by atoms with Crippen LogP contribution in [0.2, 0.25) is 0 Å². The van der Waals surface area contributed by atoms with Gasteiger partial charge in [-0.05, 0) is 76.4 Å². The van der Waals surface area contributed by atoms with Crippen molar-refractivity contribution in [3.8, 4) is 11.5 Å². The second-order valence-electron chi connectivity index (χ2n) is 10.2. The molecule has 1 aliphatic heterocycles. The number of nitrogen functional groups attached to an aromatic ring is 1. The summed E-state index contributed by atoms with van der Waals surface area (Å²) in [5, 5.41) is 3.94. The maximum atomic E-state index is 13.3. The highest BCUT2D eigenvalue weighted by molar-refractivity contribution is 5.92. The quantitative estimate of drug-likeness (QED) is 0.389. The first-order valence-corrected chi connectivity index (χ1v) is 12.5. The predicted octanol–water partition coefficient (Wildman–Crippen LogP) is 5.73. The van der Waals surface area contributed by atoms with Gasteiger partial charge in [0.2, 0.25) is 0 Å². The summed E-state index contributed by atoms with van der Waals surface area (Å²) in [6.45, 7) is 4.07. The minimum Gasteiger partial charge on any atom is -0.493 e. The highest BCUT2D eigenvalue weighted by atomic mass is 19.4. The van der Waals surface area contributed by atoms with Crippen molar-refractivity contribution in [2.45, 2.75) is 63.3 Å². The molecule has 10 heteroatoms. The summed E-state index contributed by atoms with van der Waals surface area (Å²) in [5.41, 5.74) is 6.46. The molecule has 1 aromatic heterocycles. The maximum absolute atomic E-state index is 13.3. The molecule has 2 atom stereocenters. The van der Waals surface area contributed by atoms with E-state index < -0.39 is 17.8 Å². The number of likely N-dealkylation sites (N-methyl/N-ethyl adjacent to an activating group) is 1. The summed E-state index contributed by atoms with van der Waals surface area (Å²) in [6, 6.07) is 7.04. The number of aryl methyl sites for hydroxylation is 1. The minimum absolute atomic E-state index is 0.0486. The second-order valence-corrected chi connectivity index (χ2v) is 10.2. The van der Waals surface area contributed by atoms with Gasteiger partial charge in [-0.2, -0.15) is 13.2 Å². The van der Waals surface area contributed by atoms with Gasteiger partial charge in [0.15, 0.2) is 11.5 Å². The van der Waals surface area contributed by atoms with Gasteiger partial charge >= 0.3 is 6.18 Å². The lowest BCUT2D eigenvalue weighted by Gasteiger charge is -2.26. The van der Waals surface area contributed by atoms with Gasteiger partial charge in [0, 0.05) is 28.7 Å². The van der Waals surface area contributed by atoms with E-state index in [1.807, 2.05) is 6.07 Å². The van der Waals surface area contributed by atoms with E-state index >= 15 is 0 Å². The van der Waals surface area contributed by atoms with Crippen LogP contribution in [-0.2, 0) is 6.18 Å². The highest BCUT2D eigenvalue weighted by Gasteiger charge is 2.52. The predicted molar refractivity (Wildman–Crippen MR) is 137 cm³/mol. The third-order valence-electron chi connectivity index (χ3n) is 7.75. The number of anilines is 2. The van der Waals surface area contributed by atoms with Crippen LogP contribution in [0.4, 0.5) is 24.7 Å². The van der Waals surface area contributed by atoms with Crippen LogP contribution in [0.1, 0.15) is 55.6 Å². The number of nitrogens with two attached hydrogens (primary N) is 1. The monoisotopic (exact) mass is 515 g/mol. The Morgan fingerprint density at radius 1 is 1.14 bits per heavy atom. The van der Waals surface area contributed by atoms with E-state index in [-0.39, 0.29) is 5.69 Å². The van der Waals surface area contributed by atoms with Gasteiger partial charge in [-0.1, -0.05) is 0 Å². The van der Waals surface area contributed by atoms with E-state index in [2.05, 4.69) is 27.2 Å². The SMILES string of the molecule is COc1cc2nc(C)nc(N[C@H](C)c3cc(N)cc(C(F)(F)F)c3)c2cc1OC[C@@H]1CCC2(CC2)N1C. The molecule has 3 N–H and O–H groups in total. The van der Waals surface area contributed by atoms with Gasteiger partial charge < -0.3 is 20.5 Å². The Labute approximate surface area is 214 Å². The maximum Gasteiger partial charge on any atom is 0.416 e. The van der Waals surface area contributed by atoms with Gasteiger partial charge in [0.05, 0.1) is 24.2 Å². The first-order chi connectivity index (χ1) is 17.5. The lowest BCUT2D eigenvalue weighted by atomic mass is 10.0. The fourth-order valence-corrected chi connectivity index (χ4v) is 5.33. The normalized spacial score (nSPS) is 19.8. The zero-order valence-electron chi connectivity index (χ0n) is 21.4. The molecule has 0 bridgehead atoms. The number of nitrogens with zero attached hydrogens (tertiary/aromatic N) is 3.